The van der Waals surface area contributed by atoms with Crippen LogP contribution in [0.1, 0.15) is 39.2 Å². The third kappa shape index (κ3) is 3.63. The number of Topliss-reactive ketones (excluding diaryl/α,β-unsaturated/α-hetero) is 1. The van der Waals surface area contributed by atoms with Gasteiger partial charge in [0, 0.05) is 31.0 Å². The Morgan fingerprint density at radius 1 is 1.38 bits per heavy atom. The summed E-state index contributed by atoms with van der Waals surface area (Å²) in [5.41, 5.74) is 0.917. The molecule has 2 atom stereocenters. The average molecular weight is 291 g/mol. The number of benzene rings is 1. The maximum atomic E-state index is 11.9. The van der Waals surface area contributed by atoms with Gasteiger partial charge in [0.05, 0.1) is 13.2 Å². The number of ketones is 1. The van der Waals surface area contributed by atoms with Gasteiger partial charge in [-0.05, 0) is 38.5 Å². The van der Waals surface area contributed by atoms with E-state index in [2.05, 4.69) is 18.7 Å². The molecule has 0 saturated carbocycles. The molecule has 1 aliphatic heterocycles. The van der Waals surface area contributed by atoms with E-state index in [1.54, 1.807) is 14.0 Å². The molecule has 4 heteroatoms. The summed E-state index contributed by atoms with van der Waals surface area (Å²) < 4.78 is 5.18. The second kappa shape index (κ2) is 6.16. The van der Waals surface area contributed by atoms with Gasteiger partial charge in [0.1, 0.15) is 11.5 Å². The maximum Gasteiger partial charge on any atom is 0.136 e. The van der Waals surface area contributed by atoms with Crippen LogP contribution in [-0.2, 0) is 11.3 Å². The molecule has 1 N–H and O–H groups in total. The summed E-state index contributed by atoms with van der Waals surface area (Å²) in [6, 6.07) is 7.82. The van der Waals surface area contributed by atoms with Crippen LogP contribution in [0.5, 0.6) is 5.75 Å². The fourth-order valence-corrected chi connectivity index (χ4v) is 3.14. The lowest BCUT2D eigenvalue weighted by molar-refractivity contribution is -0.133. The molecule has 1 aliphatic rings. The normalized spacial score (nSPS) is 23.9. The molecule has 0 bridgehead atoms. The molecule has 0 amide bonds. The van der Waals surface area contributed by atoms with Crippen molar-refractivity contribution in [2.45, 2.75) is 57.8 Å². The first-order valence-electron chi connectivity index (χ1n) is 7.43. The van der Waals surface area contributed by atoms with Gasteiger partial charge < -0.3 is 9.84 Å². The van der Waals surface area contributed by atoms with Crippen LogP contribution in [0, 0.1) is 0 Å². The first-order valence-corrected chi connectivity index (χ1v) is 7.43. The molecule has 21 heavy (non-hydrogen) atoms. The van der Waals surface area contributed by atoms with Crippen molar-refractivity contribution in [1.29, 1.82) is 0 Å². The molecular formula is C17H25NO3. The number of hydrogen-bond acceptors (Lipinski definition) is 4. The van der Waals surface area contributed by atoms with Crippen LogP contribution >= 0.6 is 0 Å². The van der Waals surface area contributed by atoms with Gasteiger partial charge in [-0.1, -0.05) is 12.1 Å². The summed E-state index contributed by atoms with van der Waals surface area (Å²) >= 11 is 0. The number of carbonyl (C=O) groups is 1. The number of nitrogens with zero attached hydrogens (tertiary/aromatic N) is 1. The van der Waals surface area contributed by atoms with Gasteiger partial charge in [0.2, 0.25) is 0 Å². The lowest BCUT2D eigenvalue weighted by Crippen LogP contribution is -2.58. The Morgan fingerprint density at radius 3 is 2.52 bits per heavy atom. The molecule has 0 aliphatic carbocycles. The zero-order valence-electron chi connectivity index (χ0n) is 13.3. The third-order valence-corrected chi connectivity index (χ3v) is 4.31. The van der Waals surface area contributed by atoms with Crippen LogP contribution in [0.4, 0.5) is 0 Å². The number of aliphatic hydroxyl groups is 1. The summed E-state index contributed by atoms with van der Waals surface area (Å²) in [4.78, 5) is 14.2. The van der Waals surface area contributed by atoms with Crippen molar-refractivity contribution in [3.05, 3.63) is 29.8 Å². The van der Waals surface area contributed by atoms with Crippen LogP contribution in [0.2, 0.25) is 0 Å². The van der Waals surface area contributed by atoms with Gasteiger partial charge >= 0.3 is 0 Å². The van der Waals surface area contributed by atoms with Crippen molar-refractivity contribution >= 4 is 5.78 Å². The third-order valence-electron chi connectivity index (χ3n) is 4.31. The molecule has 1 saturated heterocycles. The molecular weight excluding hydrogens is 266 g/mol. The molecule has 0 aromatic heterocycles. The fourth-order valence-electron chi connectivity index (χ4n) is 3.14. The van der Waals surface area contributed by atoms with Crippen molar-refractivity contribution < 1.29 is 14.6 Å². The highest BCUT2D eigenvalue weighted by Crippen LogP contribution is 2.33. The highest BCUT2D eigenvalue weighted by Gasteiger charge is 2.41. The molecule has 1 fully saturated rings. The minimum Gasteiger partial charge on any atom is -0.497 e. The average Bonchev–Trinajstić information content (AvgIpc) is 2.41. The van der Waals surface area contributed by atoms with E-state index in [1.807, 2.05) is 24.3 Å². The monoisotopic (exact) mass is 291 g/mol. The first kappa shape index (κ1) is 16.0. The Kier molecular flexibility index (Phi) is 4.69. The molecule has 2 unspecified atom stereocenters. The van der Waals surface area contributed by atoms with Crippen molar-refractivity contribution in [2.24, 2.45) is 0 Å². The topological polar surface area (TPSA) is 49.8 Å². The van der Waals surface area contributed by atoms with Gasteiger partial charge in [-0.25, -0.2) is 0 Å². The quantitative estimate of drug-likeness (QED) is 0.925. The Bertz CT molecular complexity index is 493. The molecule has 1 aromatic carbocycles. The molecule has 0 radical (unpaired) electrons. The fraction of sp³-hybridized carbons (Fsp3) is 0.588. The highest BCUT2D eigenvalue weighted by molar-refractivity contribution is 5.81. The standard InChI is InChI=1S/C17H25NO3/c1-12(19)16-9-14(20)10-17(2,3)18(16)11-13-5-7-15(21-4)8-6-13/h5-8,12,16,19H,9-11H2,1-4H3. The zero-order valence-corrected chi connectivity index (χ0v) is 13.3. The molecule has 4 nitrogen and oxygen atoms in total. The van der Waals surface area contributed by atoms with E-state index in [0.29, 0.717) is 12.8 Å². The van der Waals surface area contributed by atoms with Gasteiger partial charge in [-0.15, -0.1) is 0 Å². The SMILES string of the molecule is COc1ccc(CN2C(C(C)O)CC(=O)CC2(C)C)cc1. The van der Waals surface area contributed by atoms with Crippen LogP contribution in [0.15, 0.2) is 24.3 Å². The van der Waals surface area contributed by atoms with E-state index in [4.69, 9.17) is 4.74 Å². The van der Waals surface area contributed by atoms with Crippen molar-refractivity contribution in [2.75, 3.05) is 7.11 Å². The van der Waals surface area contributed by atoms with Gasteiger partial charge in [0.25, 0.3) is 0 Å². The smallest absolute Gasteiger partial charge is 0.136 e. The highest BCUT2D eigenvalue weighted by atomic mass is 16.5. The Balaban J connectivity index is 2.22. The van der Waals surface area contributed by atoms with Crippen molar-refractivity contribution in [3.63, 3.8) is 0 Å². The van der Waals surface area contributed by atoms with E-state index in [-0.39, 0.29) is 17.4 Å². The van der Waals surface area contributed by atoms with Crippen molar-refractivity contribution in [3.8, 4) is 5.75 Å². The lowest BCUT2D eigenvalue weighted by atomic mass is 9.83. The molecule has 116 valence electrons. The van der Waals surface area contributed by atoms with Crippen LogP contribution in [0.3, 0.4) is 0 Å². The predicted octanol–water partition coefficient (Wildman–Crippen LogP) is 2.39. The Hall–Kier alpha value is -1.39. The van der Waals surface area contributed by atoms with E-state index in [0.717, 1.165) is 17.9 Å². The zero-order chi connectivity index (χ0) is 15.6. The number of ether oxygens (including phenoxy) is 1. The lowest BCUT2D eigenvalue weighted by Gasteiger charge is -2.48. The molecule has 0 spiro atoms. The number of hydrogen-bond donors (Lipinski definition) is 1. The van der Waals surface area contributed by atoms with Gasteiger partial charge in [-0.2, -0.15) is 0 Å². The largest absolute Gasteiger partial charge is 0.497 e. The number of carbonyl (C=O) groups excluding carboxylic acids is 1. The number of aliphatic hydroxyl groups excluding tert-OH is 1. The minimum absolute atomic E-state index is 0.122. The molecule has 2 rings (SSSR count). The van der Waals surface area contributed by atoms with Crippen molar-refractivity contribution in [1.82, 2.24) is 4.90 Å². The molecule has 1 aromatic rings. The Labute approximate surface area is 126 Å². The van der Waals surface area contributed by atoms with E-state index in [9.17, 15) is 9.90 Å². The minimum atomic E-state index is -0.522. The Morgan fingerprint density at radius 2 is 2.00 bits per heavy atom. The number of methoxy groups -OCH3 is 1. The summed E-state index contributed by atoms with van der Waals surface area (Å²) in [5, 5.41) is 10.0. The summed E-state index contributed by atoms with van der Waals surface area (Å²) in [6.07, 6.45) is 0.440. The van der Waals surface area contributed by atoms with E-state index >= 15 is 0 Å². The van der Waals surface area contributed by atoms with Crippen LogP contribution < -0.4 is 4.74 Å². The maximum absolute atomic E-state index is 11.9. The van der Waals surface area contributed by atoms with Crippen LogP contribution in [0.25, 0.3) is 0 Å². The summed E-state index contributed by atoms with van der Waals surface area (Å²) in [5.74, 6) is 1.07. The number of piperidine rings is 1. The van der Waals surface area contributed by atoms with Crippen LogP contribution in [-0.4, -0.2) is 40.6 Å². The van der Waals surface area contributed by atoms with E-state index in [1.165, 1.54) is 0 Å². The van der Waals surface area contributed by atoms with E-state index < -0.39 is 6.10 Å². The number of likely N-dealkylation sites (tertiary alicyclic amines) is 1. The predicted molar refractivity (Wildman–Crippen MR) is 82.3 cm³/mol. The molecule has 1 heterocycles. The summed E-state index contributed by atoms with van der Waals surface area (Å²) in [7, 11) is 1.65. The second-order valence-corrected chi connectivity index (χ2v) is 6.52. The first-order chi connectivity index (χ1) is 9.83. The summed E-state index contributed by atoms with van der Waals surface area (Å²) in [6.45, 7) is 6.63. The van der Waals surface area contributed by atoms with Gasteiger partial charge in [-0.3, -0.25) is 9.69 Å². The van der Waals surface area contributed by atoms with Gasteiger partial charge in [0.15, 0.2) is 0 Å². The number of rotatable bonds is 4. The second-order valence-electron chi connectivity index (χ2n) is 6.52.